The number of esters is 1. The van der Waals surface area contributed by atoms with E-state index < -0.39 is 11.8 Å². The van der Waals surface area contributed by atoms with E-state index in [2.05, 4.69) is 15.0 Å². The summed E-state index contributed by atoms with van der Waals surface area (Å²) < 4.78 is 19.3. The van der Waals surface area contributed by atoms with Gasteiger partial charge in [-0.05, 0) is 47.7 Å². The van der Waals surface area contributed by atoms with Gasteiger partial charge >= 0.3 is 5.97 Å². The van der Waals surface area contributed by atoms with Gasteiger partial charge in [0.1, 0.15) is 5.82 Å². The molecule has 0 radical (unpaired) electrons. The third kappa shape index (κ3) is 3.23. The number of halogens is 2. The molecule has 0 saturated heterocycles. The highest BCUT2D eigenvalue weighted by atomic mass is 127. The second-order valence-corrected chi connectivity index (χ2v) is 5.52. The van der Waals surface area contributed by atoms with E-state index in [4.69, 9.17) is 0 Å². The number of benzene rings is 1. The largest absolute Gasteiger partial charge is 0.465 e. The predicted octanol–water partition coefficient (Wildman–Crippen LogP) is 2.96. The van der Waals surface area contributed by atoms with Crippen LogP contribution in [-0.2, 0) is 4.74 Å². The number of carbonyl (C=O) groups is 1. The molecule has 1 heterocycles. The molecule has 2 N–H and O–H groups in total. The lowest BCUT2D eigenvalue weighted by Crippen LogP contribution is -2.17. The smallest absolute Gasteiger partial charge is 0.341 e. The summed E-state index contributed by atoms with van der Waals surface area (Å²) >= 11 is 1.99. The van der Waals surface area contributed by atoms with Crippen molar-refractivity contribution in [3.05, 3.63) is 55.3 Å². The fourth-order valence-corrected chi connectivity index (χ4v) is 2.24. The van der Waals surface area contributed by atoms with Crippen molar-refractivity contribution in [1.82, 2.24) is 4.98 Å². The monoisotopic (exact) mass is 402 g/mol. The molecule has 0 aliphatic carbocycles. The molecular weight excluding hydrogens is 390 g/mol. The maximum absolute atomic E-state index is 13.9. The Morgan fingerprint density at radius 3 is 2.76 bits per heavy atom. The number of aromatic nitrogens is 1. The maximum Gasteiger partial charge on any atom is 0.341 e. The highest BCUT2D eigenvalue weighted by Gasteiger charge is 2.17. The number of hydrogen-bond donors (Lipinski definition) is 2. The van der Waals surface area contributed by atoms with Crippen LogP contribution >= 0.6 is 22.6 Å². The quantitative estimate of drug-likeness (QED) is 0.612. The van der Waals surface area contributed by atoms with E-state index in [0.29, 0.717) is 0 Å². The first kappa shape index (κ1) is 15.5. The van der Waals surface area contributed by atoms with Crippen molar-refractivity contribution in [1.29, 1.82) is 0 Å². The Hall–Kier alpha value is -1.90. The molecule has 0 unspecified atom stereocenters. The Morgan fingerprint density at radius 2 is 2.14 bits per heavy atom. The zero-order chi connectivity index (χ0) is 15.6. The molecule has 1 aromatic carbocycles. The number of pyridine rings is 1. The molecule has 2 rings (SSSR count). The minimum atomic E-state index is -0.622. The summed E-state index contributed by atoms with van der Waals surface area (Å²) in [7, 11) is 1.23. The van der Waals surface area contributed by atoms with Crippen molar-refractivity contribution >= 4 is 39.9 Å². The van der Waals surface area contributed by atoms with Crippen molar-refractivity contribution < 1.29 is 13.9 Å². The van der Waals surface area contributed by atoms with Crippen LogP contribution in [0.25, 0.3) is 0 Å². The molecule has 0 fully saturated rings. The first-order valence-corrected chi connectivity index (χ1v) is 7.04. The summed E-state index contributed by atoms with van der Waals surface area (Å²) in [5.41, 5.74) is 0.444. The fourth-order valence-electron chi connectivity index (χ4n) is 1.79. The van der Waals surface area contributed by atoms with Crippen LogP contribution in [0.3, 0.4) is 0 Å². The van der Waals surface area contributed by atoms with Crippen LogP contribution in [0.1, 0.15) is 15.9 Å². The summed E-state index contributed by atoms with van der Waals surface area (Å²) in [4.78, 5) is 25.9. The van der Waals surface area contributed by atoms with Crippen molar-refractivity contribution in [2.75, 3.05) is 12.4 Å². The van der Waals surface area contributed by atoms with Crippen LogP contribution < -0.4 is 10.9 Å². The minimum Gasteiger partial charge on any atom is -0.465 e. The topological polar surface area (TPSA) is 71.2 Å². The number of methoxy groups -OCH3 is 1. The van der Waals surface area contributed by atoms with E-state index in [1.54, 1.807) is 12.1 Å². The van der Waals surface area contributed by atoms with Crippen LogP contribution in [0.5, 0.6) is 0 Å². The maximum atomic E-state index is 13.9. The highest BCUT2D eigenvalue weighted by Crippen LogP contribution is 2.25. The Balaban J connectivity index is 2.54. The predicted molar refractivity (Wildman–Crippen MR) is 85.5 cm³/mol. The molecule has 1 aromatic heterocycles. The molecule has 2 aromatic rings. The van der Waals surface area contributed by atoms with Crippen LogP contribution in [-0.4, -0.2) is 18.1 Å². The lowest BCUT2D eigenvalue weighted by Gasteiger charge is -2.13. The van der Waals surface area contributed by atoms with Gasteiger partial charge in [0.2, 0.25) is 0 Å². The Morgan fingerprint density at radius 1 is 1.43 bits per heavy atom. The molecule has 0 atom stereocenters. The van der Waals surface area contributed by atoms with Crippen LogP contribution in [0.2, 0.25) is 0 Å². The van der Waals surface area contributed by atoms with Gasteiger partial charge in [-0.1, -0.05) is 0 Å². The molecule has 21 heavy (non-hydrogen) atoms. The van der Waals surface area contributed by atoms with Crippen LogP contribution in [0.15, 0.2) is 29.2 Å². The van der Waals surface area contributed by atoms with Gasteiger partial charge in [-0.15, -0.1) is 0 Å². The van der Waals surface area contributed by atoms with Crippen molar-refractivity contribution in [2.24, 2.45) is 0 Å². The number of hydrogen-bond acceptors (Lipinski definition) is 4. The van der Waals surface area contributed by atoms with Crippen molar-refractivity contribution in [2.45, 2.75) is 6.92 Å². The summed E-state index contributed by atoms with van der Waals surface area (Å²) in [6.45, 7) is 1.54. The second-order valence-electron chi connectivity index (χ2n) is 4.27. The normalized spacial score (nSPS) is 10.3. The van der Waals surface area contributed by atoms with Gasteiger partial charge in [0, 0.05) is 15.3 Å². The number of ether oxygens (including phenoxy) is 1. The van der Waals surface area contributed by atoms with E-state index in [1.165, 1.54) is 26.3 Å². The van der Waals surface area contributed by atoms with E-state index in [1.807, 2.05) is 22.6 Å². The van der Waals surface area contributed by atoms with Gasteiger partial charge in [0.15, 0.2) is 0 Å². The Labute approximate surface area is 133 Å². The molecule has 5 nitrogen and oxygen atoms in total. The van der Waals surface area contributed by atoms with Gasteiger partial charge in [-0.25, -0.2) is 9.18 Å². The number of rotatable bonds is 3. The van der Waals surface area contributed by atoms with Gasteiger partial charge in [-0.3, -0.25) is 4.79 Å². The fraction of sp³-hybridized carbons (Fsp3) is 0.143. The van der Waals surface area contributed by atoms with E-state index in [-0.39, 0.29) is 28.1 Å². The molecule has 0 aliphatic heterocycles. The van der Waals surface area contributed by atoms with Gasteiger partial charge in [-0.2, -0.15) is 0 Å². The average molecular weight is 402 g/mol. The Kier molecular flexibility index (Phi) is 4.61. The van der Waals surface area contributed by atoms with E-state index >= 15 is 0 Å². The third-order valence-electron chi connectivity index (χ3n) is 2.93. The number of nitrogens with one attached hydrogen (secondary N) is 2. The van der Waals surface area contributed by atoms with Gasteiger partial charge in [0.25, 0.3) is 5.56 Å². The van der Waals surface area contributed by atoms with Gasteiger partial charge < -0.3 is 15.0 Å². The minimum absolute atomic E-state index is 0.132. The second kappa shape index (κ2) is 6.25. The standard InChI is InChI=1S/C14H12FIN2O3/c1-7-12(9(14(20)21-2)6-17-13(7)19)18-11-4-3-8(16)5-10(11)15/h3-6H,1-2H3,(H2,17,18,19). The number of carbonyl (C=O) groups excluding carboxylic acids is 1. The summed E-state index contributed by atoms with van der Waals surface area (Å²) in [6.07, 6.45) is 1.24. The van der Waals surface area contributed by atoms with E-state index in [9.17, 15) is 14.0 Å². The number of H-pyrrole nitrogens is 1. The first-order chi connectivity index (χ1) is 9.93. The molecule has 0 amide bonds. The molecule has 0 bridgehead atoms. The van der Waals surface area contributed by atoms with Crippen molar-refractivity contribution in [3.63, 3.8) is 0 Å². The van der Waals surface area contributed by atoms with Crippen LogP contribution in [0, 0.1) is 16.3 Å². The molecule has 0 spiro atoms. The molecule has 110 valence electrons. The zero-order valence-electron chi connectivity index (χ0n) is 11.3. The Bertz CT molecular complexity index is 758. The van der Waals surface area contributed by atoms with Crippen molar-refractivity contribution in [3.8, 4) is 0 Å². The van der Waals surface area contributed by atoms with Gasteiger partial charge in [0.05, 0.1) is 24.0 Å². The lowest BCUT2D eigenvalue weighted by molar-refractivity contribution is 0.0601. The molecule has 7 heteroatoms. The number of anilines is 2. The zero-order valence-corrected chi connectivity index (χ0v) is 13.4. The summed E-state index contributed by atoms with van der Waals surface area (Å²) in [5.74, 6) is -1.10. The summed E-state index contributed by atoms with van der Waals surface area (Å²) in [6, 6.07) is 4.61. The molecule has 0 aliphatic rings. The van der Waals surface area contributed by atoms with E-state index in [0.717, 1.165) is 3.57 Å². The highest BCUT2D eigenvalue weighted by molar-refractivity contribution is 14.1. The average Bonchev–Trinajstić information content (AvgIpc) is 2.45. The first-order valence-electron chi connectivity index (χ1n) is 5.96. The molecule has 0 saturated carbocycles. The third-order valence-corrected chi connectivity index (χ3v) is 3.60. The molecular formula is C14H12FIN2O3. The number of aromatic amines is 1. The summed E-state index contributed by atoms with van der Waals surface area (Å²) in [5, 5.41) is 2.79. The van der Waals surface area contributed by atoms with Crippen LogP contribution in [0.4, 0.5) is 15.8 Å². The lowest BCUT2D eigenvalue weighted by atomic mass is 10.1. The SMILES string of the molecule is COC(=O)c1c[nH]c(=O)c(C)c1Nc1ccc(I)cc1F.